The fraction of sp³-hybridized carbons (Fsp3) is 0.632. The summed E-state index contributed by atoms with van der Waals surface area (Å²) in [7, 11) is 0. The monoisotopic (exact) mass is 350 g/mol. The molecule has 25 heavy (non-hydrogen) atoms. The molecule has 1 aliphatic heterocycles. The average Bonchev–Trinajstić information content (AvgIpc) is 2.77. The zero-order valence-electron chi connectivity index (χ0n) is 15.2. The fourth-order valence-electron chi connectivity index (χ4n) is 3.20. The molecule has 1 fully saturated rings. The third-order valence-electron chi connectivity index (χ3n) is 4.76. The molecule has 2 rings (SSSR count). The maximum atomic E-state index is 12.2. The molecule has 138 valence electrons. The van der Waals surface area contributed by atoms with Gasteiger partial charge in [-0.05, 0) is 25.5 Å². The summed E-state index contributed by atoms with van der Waals surface area (Å²) in [6, 6.07) is 0. The highest BCUT2D eigenvalue weighted by molar-refractivity contribution is 5.93. The topological polar surface area (TPSA) is 89.9 Å². The molecule has 1 saturated heterocycles. The summed E-state index contributed by atoms with van der Waals surface area (Å²) >= 11 is 0. The number of esters is 2. The van der Waals surface area contributed by atoms with Gasteiger partial charge in [0.05, 0.1) is 17.4 Å². The molecule has 1 aliphatic carbocycles. The van der Waals surface area contributed by atoms with Gasteiger partial charge in [0.1, 0.15) is 12.2 Å². The molecule has 6 heteroatoms. The number of hydrogen-bond donors (Lipinski definition) is 1. The van der Waals surface area contributed by atoms with Gasteiger partial charge in [0.2, 0.25) is 0 Å². The largest absolute Gasteiger partial charge is 0.461 e. The molecule has 0 unspecified atom stereocenters. The molecule has 0 radical (unpaired) electrons. The van der Waals surface area contributed by atoms with Crippen LogP contribution in [-0.2, 0) is 23.9 Å². The highest BCUT2D eigenvalue weighted by atomic mass is 16.6. The molecule has 1 N–H and O–H groups in total. The van der Waals surface area contributed by atoms with Gasteiger partial charge in [0.15, 0.2) is 5.78 Å². The molecule has 5 atom stereocenters. The lowest BCUT2D eigenvalue weighted by atomic mass is 9.80. The normalized spacial score (nSPS) is 37.4. The number of carbonyl (C=O) groups is 3. The van der Waals surface area contributed by atoms with E-state index in [1.807, 2.05) is 0 Å². The zero-order valence-corrected chi connectivity index (χ0v) is 15.2. The smallest absolute Gasteiger partial charge is 0.334 e. The van der Waals surface area contributed by atoms with Crippen molar-refractivity contribution >= 4 is 17.7 Å². The van der Waals surface area contributed by atoms with Crippen molar-refractivity contribution in [3.63, 3.8) is 0 Å². The lowest BCUT2D eigenvalue weighted by molar-refractivity contribution is -0.159. The Labute approximate surface area is 147 Å². The van der Waals surface area contributed by atoms with E-state index in [1.54, 1.807) is 20.8 Å². The third-order valence-corrected chi connectivity index (χ3v) is 4.76. The van der Waals surface area contributed by atoms with Crippen LogP contribution in [0.2, 0.25) is 0 Å². The van der Waals surface area contributed by atoms with Crippen molar-refractivity contribution in [2.24, 2.45) is 17.8 Å². The summed E-state index contributed by atoms with van der Waals surface area (Å²) in [6.45, 7) is 10.5. The van der Waals surface area contributed by atoms with Crippen molar-refractivity contribution in [2.75, 3.05) is 0 Å². The van der Waals surface area contributed by atoms with Crippen LogP contribution in [0.1, 0.15) is 40.5 Å². The highest BCUT2D eigenvalue weighted by Crippen LogP contribution is 2.38. The maximum Gasteiger partial charge on any atom is 0.334 e. The van der Waals surface area contributed by atoms with E-state index in [-0.39, 0.29) is 23.7 Å². The fourth-order valence-corrected chi connectivity index (χ4v) is 3.20. The quantitative estimate of drug-likeness (QED) is 0.605. The number of aliphatic hydroxyl groups is 1. The summed E-state index contributed by atoms with van der Waals surface area (Å²) in [5.74, 6) is -2.43. The van der Waals surface area contributed by atoms with Crippen LogP contribution in [0.25, 0.3) is 0 Å². The van der Waals surface area contributed by atoms with Crippen molar-refractivity contribution in [3.05, 3.63) is 24.3 Å². The second-order valence-corrected chi connectivity index (χ2v) is 7.56. The standard InChI is InChI=1S/C19H26O6/c1-10(2)17(21)25-15-9-19(5,23)7-6-13(20)11(3)8-14-16(15)12(4)18(22)24-14/h6-7,10-11,14-16,23H,4,8-9H2,1-3,5H3/b7-6-/t11-,14+,15+,16-,19-/m0/s1. The predicted molar refractivity (Wildman–Crippen MR) is 90.4 cm³/mol. The number of ketones is 1. The van der Waals surface area contributed by atoms with E-state index in [4.69, 9.17) is 9.47 Å². The first-order chi connectivity index (χ1) is 11.5. The number of hydrogen-bond acceptors (Lipinski definition) is 6. The van der Waals surface area contributed by atoms with Gasteiger partial charge >= 0.3 is 11.9 Å². The van der Waals surface area contributed by atoms with Gasteiger partial charge in [-0.15, -0.1) is 0 Å². The SMILES string of the molecule is C=C1C(=O)O[C@@H]2C[C@H](C)C(=O)/C=C\[C@](C)(O)C[C@@H](OC(=O)C(C)C)[C@@H]12. The van der Waals surface area contributed by atoms with Crippen LogP contribution in [-0.4, -0.2) is 40.6 Å². The molecule has 0 aromatic carbocycles. The maximum absolute atomic E-state index is 12.2. The highest BCUT2D eigenvalue weighted by Gasteiger charge is 2.47. The predicted octanol–water partition coefficient (Wildman–Crippen LogP) is 1.96. The molecule has 0 saturated carbocycles. The zero-order chi connectivity index (χ0) is 18.9. The van der Waals surface area contributed by atoms with E-state index in [9.17, 15) is 19.5 Å². The molecule has 0 amide bonds. The van der Waals surface area contributed by atoms with Crippen molar-refractivity contribution in [1.29, 1.82) is 0 Å². The Balaban J connectivity index is 2.43. The van der Waals surface area contributed by atoms with Crippen LogP contribution in [0, 0.1) is 17.8 Å². The lowest BCUT2D eigenvalue weighted by Gasteiger charge is -2.33. The number of rotatable bonds is 2. The minimum Gasteiger partial charge on any atom is -0.461 e. The van der Waals surface area contributed by atoms with Gasteiger partial charge in [-0.25, -0.2) is 4.79 Å². The van der Waals surface area contributed by atoms with Crippen LogP contribution >= 0.6 is 0 Å². The summed E-state index contributed by atoms with van der Waals surface area (Å²) in [6.07, 6.45) is 1.75. The molecule has 0 aromatic rings. The summed E-state index contributed by atoms with van der Waals surface area (Å²) < 4.78 is 11.0. The second-order valence-electron chi connectivity index (χ2n) is 7.56. The minimum atomic E-state index is -1.37. The molecule has 0 bridgehead atoms. The Morgan fingerprint density at radius 3 is 2.68 bits per heavy atom. The number of fused-ring (bicyclic) bond motifs is 1. The Kier molecular flexibility index (Phi) is 5.52. The first-order valence-corrected chi connectivity index (χ1v) is 8.57. The second kappa shape index (κ2) is 7.12. The number of allylic oxidation sites excluding steroid dienone is 1. The summed E-state index contributed by atoms with van der Waals surface area (Å²) in [5.41, 5.74) is -1.16. The summed E-state index contributed by atoms with van der Waals surface area (Å²) in [4.78, 5) is 36.3. The molecular weight excluding hydrogens is 324 g/mol. The van der Waals surface area contributed by atoms with Crippen LogP contribution in [0.4, 0.5) is 0 Å². The Hall–Kier alpha value is -1.95. The first-order valence-electron chi connectivity index (χ1n) is 8.57. The van der Waals surface area contributed by atoms with Gasteiger partial charge in [-0.3, -0.25) is 9.59 Å². The lowest BCUT2D eigenvalue weighted by Crippen LogP contribution is -2.41. The Morgan fingerprint density at radius 1 is 1.44 bits per heavy atom. The Morgan fingerprint density at radius 2 is 2.08 bits per heavy atom. The van der Waals surface area contributed by atoms with Crippen LogP contribution < -0.4 is 0 Å². The van der Waals surface area contributed by atoms with Crippen LogP contribution in [0.5, 0.6) is 0 Å². The molecule has 0 aromatic heterocycles. The summed E-state index contributed by atoms with van der Waals surface area (Å²) in [5, 5.41) is 10.6. The Bertz CT molecular complexity index is 615. The van der Waals surface area contributed by atoms with E-state index < -0.39 is 41.6 Å². The van der Waals surface area contributed by atoms with E-state index in [0.29, 0.717) is 6.42 Å². The van der Waals surface area contributed by atoms with Crippen molar-refractivity contribution in [1.82, 2.24) is 0 Å². The third kappa shape index (κ3) is 4.37. The van der Waals surface area contributed by atoms with Crippen molar-refractivity contribution in [2.45, 2.75) is 58.3 Å². The molecular formula is C19H26O6. The van der Waals surface area contributed by atoms with Crippen molar-refractivity contribution < 1.29 is 29.0 Å². The molecule has 6 nitrogen and oxygen atoms in total. The van der Waals surface area contributed by atoms with E-state index >= 15 is 0 Å². The number of ether oxygens (including phenoxy) is 2. The van der Waals surface area contributed by atoms with Crippen LogP contribution in [0.3, 0.4) is 0 Å². The van der Waals surface area contributed by atoms with E-state index in [1.165, 1.54) is 19.1 Å². The van der Waals surface area contributed by atoms with E-state index in [0.717, 1.165) is 0 Å². The molecule has 1 heterocycles. The minimum absolute atomic E-state index is 0.0421. The first kappa shape index (κ1) is 19.4. The average molecular weight is 350 g/mol. The van der Waals surface area contributed by atoms with Crippen LogP contribution in [0.15, 0.2) is 24.3 Å². The van der Waals surface area contributed by atoms with Gasteiger partial charge in [0.25, 0.3) is 0 Å². The number of carbonyl (C=O) groups excluding carboxylic acids is 3. The van der Waals surface area contributed by atoms with Gasteiger partial charge in [-0.2, -0.15) is 0 Å². The van der Waals surface area contributed by atoms with Gasteiger partial charge in [0, 0.05) is 17.9 Å². The van der Waals surface area contributed by atoms with Gasteiger partial charge in [-0.1, -0.05) is 27.4 Å². The van der Waals surface area contributed by atoms with Crippen molar-refractivity contribution in [3.8, 4) is 0 Å². The van der Waals surface area contributed by atoms with Gasteiger partial charge < -0.3 is 14.6 Å². The van der Waals surface area contributed by atoms with E-state index in [2.05, 4.69) is 6.58 Å². The molecule has 2 aliphatic rings. The molecule has 0 spiro atoms.